The summed E-state index contributed by atoms with van der Waals surface area (Å²) in [5.74, 6) is 1.65. The monoisotopic (exact) mass is 702 g/mol. The number of rotatable bonds is 6. The minimum Gasteiger partial charge on any atom is -0.382 e. The molecule has 0 bridgehead atoms. The molecule has 49 heavy (non-hydrogen) atoms. The van der Waals surface area contributed by atoms with Gasteiger partial charge in [-0.25, -0.2) is 19.9 Å². The van der Waals surface area contributed by atoms with Gasteiger partial charge in [-0.3, -0.25) is 0 Å². The number of hydrogen-bond donors (Lipinski definition) is 4. The third kappa shape index (κ3) is 5.90. The molecule has 0 saturated heterocycles. The molecule has 8 rings (SSSR count). The molecule has 4 N–H and O–H groups in total. The predicted molar refractivity (Wildman–Crippen MR) is 183 cm³/mol. The summed E-state index contributed by atoms with van der Waals surface area (Å²) in [4.78, 5) is 17.8. The van der Waals surface area contributed by atoms with Gasteiger partial charge in [-0.05, 0) is 48.5 Å². The Labute approximate surface area is 291 Å². The molecule has 4 heterocycles. The summed E-state index contributed by atoms with van der Waals surface area (Å²) in [6, 6.07) is 30.5. The second-order valence-electron chi connectivity index (χ2n) is 11.9. The van der Waals surface area contributed by atoms with Crippen LogP contribution in [0.2, 0.25) is 0 Å². The zero-order valence-electron chi connectivity index (χ0n) is 27.2. The van der Waals surface area contributed by atoms with Crippen LogP contribution in [0.4, 0.5) is 0 Å². The minimum atomic E-state index is -1.17. The van der Waals surface area contributed by atoms with Crippen LogP contribution in [0.15, 0.2) is 97.1 Å². The van der Waals surface area contributed by atoms with E-state index in [1.807, 2.05) is 125 Å². The number of para-hydroxylation sites is 8. The number of aliphatic hydroxyl groups excluding tert-OH is 4. The summed E-state index contributed by atoms with van der Waals surface area (Å²) in [6.45, 7) is 0. The van der Waals surface area contributed by atoms with Gasteiger partial charge in [0, 0.05) is 28.2 Å². The molecule has 252 valence electrons. The number of aromatic nitrogens is 8. The average Bonchev–Trinajstić information content (AvgIpc) is 3.85. The molecular weight excluding hydrogens is 667 g/mol. The molecule has 4 aromatic carbocycles. The Balaban J connectivity index is 0.000000167. The van der Waals surface area contributed by atoms with Crippen molar-refractivity contribution >= 4 is 44.1 Å². The quantitative estimate of drug-likeness (QED) is 0.186. The van der Waals surface area contributed by atoms with Crippen molar-refractivity contribution in [2.45, 2.75) is 24.4 Å². The smallest absolute Gasteiger partial charge is 0.382 e. The molecule has 12 nitrogen and oxygen atoms in total. The van der Waals surface area contributed by atoms with Crippen LogP contribution in [0.1, 0.15) is 47.7 Å². The fourth-order valence-corrected chi connectivity index (χ4v) is 6.28. The van der Waals surface area contributed by atoms with E-state index < -0.39 is 24.4 Å². The van der Waals surface area contributed by atoms with Crippen molar-refractivity contribution in [1.82, 2.24) is 38.2 Å². The van der Waals surface area contributed by atoms with Gasteiger partial charge in [0.2, 0.25) is 0 Å². The van der Waals surface area contributed by atoms with E-state index in [9.17, 15) is 20.4 Å². The molecule has 4 aromatic heterocycles. The third-order valence-corrected chi connectivity index (χ3v) is 8.94. The van der Waals surface area contributed by atoms with E-state index in [1.54, 1.807) is 18.3 Å². The maximum absolute atomic E-state index is 10.7. The molecule has 0 amide bonds. The molecule has 0 aliphatic carbocycles. The van der Waals surface area contributed by atoms with Crippen LogP contribution < -0.4 is 0 Å². The number of benzene rings is 4. The summed E-state index contributed by atoms with van der Waals surface area (Å²) in [5, 5.41) is 42.7. The van der Waals surface area contributed by atoms with Crippen LogP contribution in [0.25, 0.3) is 44.1 Å². The largest absolute Gasteiger partial charge is 2.00 e. The van der Waals surface area contributed by atoms with Crippen molar-refractivity contribution < 1.29 is 36.9 Å². The first-order valence-corrected chi connectivity index (χ1v) is 15.5. The summed E-state index contributed by atoms with van der Waals surface area (Å²) in [7, 11) is 7.32. The van der Waals surface area contributed by atoms with Crippen molar-refractivity contribution in [3.8, 4) is 0 Å². The average molecular weight is 703 g/mol. The third-order valence-electron chi connectivity index (χ3n) is 8.94. The fourth-order valence-electron chi connectivity index (χ4n) is 6.28. The Bertz CT molecular complexity index is 2080. The molecule has 4 atom stereocenters. The summed E-state index contributed by atoms with van der Waals surface area (Å²) in [6.07, 6.45) is -4.67. The molecule has 0 aliphatic heterocycles. The Morgan fingerprint density at radius 1 is 0.367 bits per heavy atom. The van der Waals surface area contributed by atoms with Gasteiger partial charge < -0.3 is 38.7 Å². The first-order valence-electron chi connectivity index (χ1n) is 15.5. The zero-order chi connectivity index (χ0) is 33.7. The topological polar surface area (TPSA) is 152 Å². The van der Waals surface area contributed by atoms with Gasteiger partial charge in [-0.2, -0.15) is 0 Å². The fraction of sp³-hybridized carbons (Fsp3) is 0.222. The Kier molecular flexibility index (Phi) is 9.39. The van der Waals surface area contributed by atoms with Crippen LogP contribution >= 0.6 is 0 Å². The molecule has 0 radical (unpaired) electrons. The molecule has 0 fully saturated rings. The Morgan fingerprint density at radius 2 is 0.551 bits per heavy atom. The van der Waals surface area contributed by atoms with Crippen molar-refractivity contribution in [1.29, 1.82) is 0 Å². The minimum absolute atomic E-state index is 0. The standard InChI is InChI=1S/2C18H18N4O2.Ni/c2*1-21-13-9-5-3-7-11(13)19-17(21)15(23)16(24)18-20-12-8-4-6-10-14(12)22(18)2;/h2*3-10,15-16,23-24H,1-2H3;/q;;+2. The van der Waals surface area contributed by atoms with E-state index in [1.165, 1.54) is 0 Å². The zero-order valence-corrected chi connectivity index (χ0v) is 28.2. The van der Waals surface area contributed by atoms with Crippen molar-refractivity contribution in [2.75, 3.05) is 0 Å². The molecule has 4 unspecified atom stereocenters. The molecule has 0 spiro atoms. The van der Waals surface area contributed by atoms with E-state index in [2.05, 4.69) is 19.9 Å². The maximum Gasteiger partial charge on any atom is 2.00 e. The van der Waals surface area contributed by atoms with Crippen LogP contribution in [0.3, 0.4) is 0 Å². The second kappa shape index (κ2) is 13.5. The first-order chi connectivity index (χ1) is 23.2. The van der Waals surface area contributed by atoms with Crippen LogP contribution in [0, 0.1) is 0 Å². The van der Waals surface area contributed by atoms with Gasteiger partial charge >= 0.3 is 16.5 Å². The van der Waals surface area contributed by atoms with Gasteiger partial charge in [0.1, 0.15) is 47.7 Å². The van der Waals surface area contributed by atoms with E-state index >= 15 is 0 Å². The number of imidazole rings is 4. The van der Waals surface area contributed by atoms with E-state index in [0.717, 1.165) is 44.1 Å². The molecule has 8 aromatic rings. The second-order valence-corrected chi connectivity index (χ2v) is 11.9. The summed E-state index contributed by atoms with van der Waals surface area (Å²) >= 11 is 0. The molecule has 13 heteroatoms. The van der Waals surface area contributed by atoms with Gasteiger partial charge in [0.25, 0.3) is 0 Å². The van der Waals surface area contributed by atoms with Crippen molar-refractivity contribution in [2.24, 2.45) is 28.2 Å². The maximum atomic E-state index is 10.7. The molecule has 0 saturated carbocycles. The SMILES string of the molecule is Cn1c(C(O)C(O)c2nc3ccccc3n2C)nc2ccccc21.Cn1c(C(O)C(O)c2nc3ccccc3n2C)nc2ccccc21.[Ni+2]. The molecule has 0 aliphatic rings. The normalized spacial score (nSPS) is 14.0. The predicted octanol–water partition coefficient (Wildman–Crippen LogP) is 4.45. The Morgan fingerprint density at radius 3 is 0.735 bits per heavy atom. The summed E-state index contributed by atoms with van der Waals surface area (Å²) < 4.78 is 7.19. The van der Waals surface area contributed by atoms with Crippen LogP contribution in [-0.4, -0.2) is 58.6 Å². The van der Waals surface area contributed by atoms with Crippen LogP contribution in [-0.2, 0) is 44.7 Å². The van der Waals surface area contributed by atoms with E-state index in [4.69, 9.17) is 0 Å². The van der Waals surface area contributed by atoms with Gasteiger partial charge in [0.15, 0.2) is 0 Å². The van der Waals surface area contributed by atoms with Crippen LogP contribution in [0.5, 0.6) is 0 Å². The number of nitrogens with zero attached hydrogens (tertiary/aromatic N) is 8. The van der Waals surface area contributed by atoms with E-state index in [-0.39, 0.29) is 16.5 Å². The number of fused-ring (bicyclic) bond motifs is 4. The summed E-state index contributed by atoms with van der Waals surface area (Å²) in [5.41, 5.74) is 6.76. The number of aliphatic hydroxyl groups is 4. The van der Waals surface area contributed by atoms with Gasteiger partial charge in [-0.1, -0.05) is 48.5 Å². The van der Waals surface area contributed by atoms with Crippen molar-refractivity contribution in [3.05, 3.63) is 120 Å². The van der Waals surface area contributed by atoms with Gasteiger partial charge in [-0.15, -0.1) is 0 Å². The Hall–Kier alpha value is -4.91. The van der Waals surface area contributed by atoms with Gasteiger partial charge in [0.05, 0.1) is 44.1 Å². The first kappa shape index (κ1) is 34.0. The number of aryl methyl sites for hydroxylation is 4. The molecular formula is C36H36N8NiO4+2. The van der Waals surface area contributed by atoms with E-state index in [0.29, 0.717) is 23.3 Å². The number of hydrogen-bond acceptors (Lipinski definition) is 8. The van der Waals surface area contributed by atoms with Crippen molar-refractivity contribution in [3.63, 3.8) is 0 Å².